The van der Waals surface area contributed by atoms with Gasteiger partial charge in [0.05, 0.1) is 5.69 Å². The molecular weight excluding hydrogens is 302 g/mol. The van der Waals surface area contributed by atoms with E-state index in [0.717, 1.165) is 10.0 Å². The first-order chi connectivity index (χ1) is 8.15. The Hall–Kier alpha value is -1.26. The largest absolute Gasteiger partial charge is 0.396 e. The quantitative estimate of drug-likeness (QED) is 0.850. The number of halogens is 2. The third kappa shape index (κ3) is 3.35. The smallest absolute Gasteiger partial charge is 0.151 e. The molecule has 2 rings (SSSR count). The van der Waals surface area contributed by atoms with Crippen LogP contribution in [0.3, 0.4) is 0 Å². The summed E-state index contributed by atoms with van der Waals surface area (Å²) in [6, 6.07) is 11.4. The van der Waals surface area contributed by atoms with Crippen molar-refractivity contribution in [2.24, 2.45) is 0 Å². The zero-order valence-corrected chi connectivity index (χ0v) is 11.3. The highest BCUT2D eigenvalue weighted by molar-refractivity contribution is 9.10. The van der Waals surface area contributed by atoms with E-state index in [1.165, 1.54) is 0 Å². The number of benzene rings is 1. The Morgan fingerprint density at radius 1 is 1.18 bits per heavy atom. The molecule has 0 aliphatic heterocycles. The fraction of sp³-hybridized carbons (Fsp3) is 0.0833. The van der Waals surface area contributed by atoms with Gasteiger partial charge in [-0.2, -0.15) is 0 Å². The summed E-state index contributed by atoms with van der Waals surface area (Å²) in [6.45, 7) is 0.658. The van der Waals surface area contributed by atoms with Crippen molar-refractivity contribution in [1.82, 2.24) is 4.98 Å². The maximum absolute atomic E-state index is 5.81. The van der Waals surface area contributed by atoms with Crippen molar-refractivity contribution in [3.05, 3.63) is 51.6 Å². The van der Waals surface area contributed by atoms with Crippen molar-refractivity contribution in [1.29, 1.82) is 0 Å². The molecule has 1 heterocycles. The number of nitrogens with zero attached hydrogens (tertiary/aromatic N) is 1. The molecule has 0 aliphatic rings. The number of nitrogens with one attached hydrogen (secondary N) is 1. The predicted octanol–water partition coefficient (Wildman–Crippen LogP) is 3.69. The number of hydrogen-bond acceptors (Lipinski definition) is 3. The number of nitrogens with two attached hydrogens (primary N) is 1. The topological polar surface area (TPSA) is 50.9 Å². The Morgan fingerprint density at radius 2 is 1.88 bits per heavy atom. The molecule has 5 heteroatoms. The average molecular weight is 313 g/mol. The van der Waals surface area contributed by atoms with Gasteiger partial charge in [0, 0.05) is 11.0 Å². The summed E-state index contributed by atoms with van der Waals surface area (Å²) in [5, 5.41) is 3.58. The van der Waals surface area contributed by atoms with Crippen LogP contribution in [0.4, 0.5) is 11.5 Å². The summed E-state index contributed by atoms with van der Waals surface area (Å²) in [5.41, 5.74) is 7.52. The van der Waals surface area contributed by atoms with Crippen LogP contribution in [0.25, 0.3) is 0 Å². The van der Waals surface area contributed by atoms with Crippen molar-refractivity contribution in [2.45, 2.75) is 6.54 Å². The van der Waals surface area contributed by atoms with Crippen molar-refractivity contribution < 1.29 is 0 Å². The molecule has 0 bridgehead atoms. The molecule has 0 atom stereocenters. The van der Waals surface area contributed by atoms with Crippen molar-refractivity contribution in [3.8, 4) is 0 Å². The predicted molar refractivity (Wildman–Crippen MR) is 75.1 cm³/mol. The van der Waals surface area contributed by atoms with E-state index < -0.39 is 0 Å². The van der Waals surface area contributed by atoms with Crippen LogP contribution in [0.2, 0.25) is 5.15 Å². The lowest BCUT2D eigenvalue weighted by atomic mass is 10.2. The zero-order valence-electron chi connectivity index (χ0n) is 8.95. The zero-order chi connectivity index (χ0) is 12.3. The number of anilines is 2. The van der Waals surface area contributed by atoms with Crippen LogP contribution in [-0.4, -0.2) is 4.98 Å². The van der Waals surface area contributed by atoms with Crippen molar-refractivity contribution in [3.63, 3.8) is 0 Å². The molecule has 3 nitrogen and oxygen atoms in total. The Bertz CT molecular complexity index is 514. The lowest BCUT2D eigenvalue weighted by molar-refractivity contribution is 1.11. The second kappa shape index (κ2) is 5.38. The molecule has 3 N–H and O–H groups in total. The third-order valence-corrected chi connectivity index (χ3v) is 3.00. The first-order valence-electron chi connectivity index (χ1n) is 5.05. The molecule has 0 saturated carbocycles. The minimum atomic E-state index is 0.428. The van der Waals surface area contributed by atoms with Gasteiger partial charge in [0.15, 0.2) is 5.82 Å². The minimum absolute atomic E-state index is 0.428. The molecule has 0 aliphatic carbocycles. The highest BCUT2D eigenvalue weighted by Gasteiger charge is 2.01. The summed E-state index contributed by atoms with van der Waals surface area (Å²) >= 11 is 9.20. The Morgan fingerprint density at radius 3 is 2.59 bits per heavy atom. The summed E-state index contributed by atoms with van der Waals surface area (Å²) in [6.07, 6.45) is 0. The van der Waals surface area contributed by atoms with Gasteiger partial charge in [-0.05, 0) is 29.8 Å². The van der Waals surface area contributed by atoms with Crippen LogP contribution in [-0.2, 0) is 6.54 Å². The fourth-order valence-electron chi connectivity index (χ4n) is 1.38. The van der Waals surface area contributed by atoms with Crippen LogP contribution in [0, 0.1) is 0 Å². The molecule has 1 aromatic heterocycles. The SMILES string of the molecule is Nc1ccc(Cl)nc1NCc1ccc(Br)cc1. The van der Waals surface area contributed by atoms with Gasteiger partial charge >= 0.3 is 0 Å². The van der Waals surface area contributed by atoms with Gasteiger partial charge in [0.2, 0.25) is 0 Å². The van der Waals surface area contributed by atoms with E-state index >= 15 is 0 Å². The second-order valence-electron chi connectivity index (χ2n) is 3.55. The average Bonchev–Trinajstić information content (AvgIpc) is 2.32. The summed E-state index contributed by atoms with van der Waals surface area (Å²) in [4.78, 5) is 4.13. The van der Waals surface area contributed by atoms with E-state index in [-0.39, 0.29) is 0 Å². The summed E-state index contributed by atoms with van der Waals surface area (Å²) in [5.74, 6) is 0.611. The Labute approximate surface area is 113 Å². The summed E-state index contributed by atoms with van der Waals surface area (Å²) < 4.78 is 1.06. The molecule has 0 fully saturated rings. The van der Waals surface area contributed by atoms with Gasteiger partial charge in [-0.3, -0.25) is 0 Å². The first-order valence-corrected chi connectivity index (χ1v) is 6.22. The fourth-order valence-corrected chi connectivity index (χ4v) is 1.79. The highest BCUT2D eigenvalue weighted by atomic mass is 79.9. The van der Waals surface area contributed by atoms with E-state index in [1.54, 1.807) is 12.1 Å². The van der Waals surface area contributed by atoms with Gasteiger partial charge < -0.3 is 11.1 Å². The lowest BCUT2D eigenvalue weighted by Crippen LogP contribution is -2.04. The van der Waals surface area contributed by atoms with Crippen molar-refractivity contribution in [2.75, 3.05) is 11.1 Å². The molecule has 0 unspecified atom stereocenters. The van der Waals surface area contributed by atoms with Crippen LogP contribution >= 0.6 is 27.5 Å². The molecule has 0 saturated heterocycles. The lowest BCUT2D eigenvalue weighted by Gasteiger charge is -2.08. The van der Waals surface area contributed by atoms with E-state index in [2.05, 4.69) is 26.2 Å². The summed E-state index contributed by atoms with van der Waals surface area (Å²) in [7, 11) is 0. The van der Waals surface area contributed by atoms with Crippen molar-refractivity contribution >= 4 is 39.0 Å². The van der Waals surface area contributed by atoms with Crippen LogP contribution in [0.1, 0.15) is 5.56 Å². The van der Waals surface area contributed by atoms with Crippen LogP contribution < -0.4 is 11.1 Å². The Kier molecular flexibility index (Phi) is 3.86. The number of nitrogen functional groups attached to an aromatic ring is 1. The van der Waals surface area contributed by atoms with Gasteiger partial charge in [-0.15, -0.1) is 0 Å². The number of aromatic nitrogens is 1. The van der Waals surface area contributed by atoms with Gasteiger partial charge in [0.1, 0.15) is 5.15 Å². The molecule has 2 aromatic rings. The molecule has 0 spiro atoms. The monoisotopic (exact) mass is 311 g/mol. The maximum Gasteiger partial charge on any atom is 0.151 e. The van der Waals surface area contributed by atoms with Gasteiger partial charge in [-0.1, -0.05) is 39.7 Å². The third-order valence-electron chi connectivity index (χ3n) is 2.27. The van der Waals surface area contributed by atoms with Crippen LogP contribution in [0.5, 0.6) is 0 Å². The maximum atomic E-state index is 5.81. The van der Waals surface area contributed by atoms with Gasteiger partial charge in [0.25, 0.3) is 0 Å². The molecule has 88 valence electrons. The molecule has 0 amide bonds. The van der Waals surface area contributed by atoms with E-state index in [4.69, 9.17) is 17.3 Å². The minimum Gasteiger partial charge on any atom is -0.396 e. The normalized spacial score (nSPS) is 10.2. The molecular formula is C12H11BrClN3. The number of pyridine rings is 1. The molecule has 1 aromatic carbocycles. The van der Waals surface area contributed by atoms with E-state index in [9.17, 15) is 0 Å². The highest BCUT2D eigenvalue weighted by Crippen LogP contribution is 2.19. The van der Waals surface area contributed by atoms with Crippen LogP contribution in [0.15, 0.2) is 40.9 Å². The van der Waals surface area contributed by atoms with E-state index in [0.29, 0.717) is 23.2 Å². The number of hydrogen-bond donors (Lipinski definition) is 2. The van der Waals surface area contributed by atoms with Gasteiger partial charge in [-0.25, -0.2) is 4.98 Å². The molecule has 17 heavy (non-hydrogen) atoms. The number of rotatable bonds is 3. The second-order valence-corrected chi connectivity index (χ2v) is 4.85. The first kappa shape index (κ1) is 12.2. The molecule has 0 radical (unpaired) electrons. The Balaban J connectivity index is 2.07. The van der Waals surface area contributed by atoms with E-state index in [1.807, 2.05) is 24.3 Å². The standard InChI is InChI=1S/C12H11BrClN3/c13-9-3-1-8(2-4-9)7-16-12-10(15)5-6-11(14)17-12/h1-6H,7,15H2,(H,16,17).